The third-order valence-corrected chi connectivity index (χ3v) is 3.50. The van der Waals surface area contributed by atoms with E-state index >= 15 is 0 Å². The molecular weight excluding hydrogens is 268 g/mol. The second-order valence-electron chi connectivity index (χ2n) is 5.34. The smallest absolute Gasteiger partial charge is 0.0705 e. The second kappa shape index (κ2) is 6.35. The van der Waals surface area contributed by atoms with E-state index in [-0.39, 0.29) is 0 Å². The predicted octanol–water partition coefficient (Wildman–Crippen LogP) is 5.09. The molecule has 4 aromatic rings. The number of benzene rings is 2. The van der Waals surface area contributed by atoms with Crippen LogP contribution in [0.1, 0.15) is 11.3 Å². The predicted molar refractivity (Wildman–Crippen MR) is 93.0 cm³/mol. The average Bonchev–Trinajstić information content (AvgIpc) is 2.55. The van der Waals surface area contributed by atoms with Gasteiger partial charge in [0, 0.05) is 22.7 Å². The Kier molecular flexibility index (Phi) is 4.10. The number of aromatic nitrogens is 2. The molecule has 22 heavy (non-hydrogen) atoms. The van der Waals surface area contributed by atoms with Crippen molar-refractivity contribution in [3.05, 3.63) is 84.2 Å². The van der Waals surface area contributed by atoms with Gasteiger partial charge in [0.15, 0.2) is 0 Å². The van der Waals surface area contributed by atoms with Crippen molar-refractivity contribution in [3.63, 3.8) is 0 Å². The number of rotatable bonds is 0. The highest BCUT2D eigenvalue weighted by Gasteiger charge is 1.91. The molecule has 0 unspecified atom stereocenters. The van der Waals surface area contributed by atoms with E-state index in [1.165, 1.54) is 16.3 Å². The molecule has 0 N–H and O–H groups in total. The lowest BCUT2D eigenvalue weighted by molar-refractivity contribution is 1.26. The zero-order valence-corrected chi connectivity index (χ0v) is 12.8. The maximum atomic E-state index is 4.38. The number of aryl methyl sites for hydroxylation is 2. The van der Waals surface area contributed by atoms with E-state index in [9.17, 15) is 0 Å². The fourth-order valence-corrected chi connectivity index (χ4v) is 2.36. The standard InChI is InChI=1S/2C10H9N/c1-8-4-5-10-9(7-8)3-2-6-11-10;1-8-6-7-9-4-2-3-5-10(9)11-8/h2*2-7H,1H3. The zero-order chi connectivity index (χ0) is 15.4. The van der Waals surface area contributed by atoms with Gasteiger partial charge >= 0.3 is 0 Å². The van der Waals surface area contributed by atoms with Crippen molar-refractivity contribution in [2.45, 2.75) is 13.8 Å². The van der Waals surface area contributed by atoms with Crippen molar-refractivity contribution in [2.75, 3.05) is 0 Å². The van der Waals surface area contributed by atoms with Crippen LogP contribution in [0.3, 0.4) is 0 Å². The van der Waals surface area contributed by atoms with E-state index in [1.807, 2.05) is 49.5 Å². The fraction of sp³-hybridized carbons (Fsp3) is 0.100. The summed E-state index contributed by atoms with van der Waals surface area (Å²) in [4.78, 5) is 8.60. The van der Waals surface area contributed by atoms with Crippen molar-refractivity contribution in [1.29, 1.82) is 0 Å². The lowest BCUT2D eigenvalue weighted by atomic mass is 10.1. The van der Waals surface area contributed by atoms with Crippen LogP contribution in [-0.4, -0.2) is 9.97 Å². The van der Waals surface area contributed by atoms with Gasteiger partial charge in [0.2, 0.25) is 0 Å². The van der Waals surface area contributed by atoms with Crippen LogP contribution in [0.25, 0.3) is 21.8 Å². The van der Waals surface area contributed by atoms with Gasteiger partial charge < -0.3 is 0 Å². The van der Waals surface area contributed by atoms with Gasteiger partial charge in [-0.1, -0.05) is 42.0 Å². The quantitative estimate of drug-likeness (QED) is 0.450. The topological polar surface area (TPSA) is 25.8 Å². The maximum absolute atomic E-state index is 4.38. The molecule has 0 atom stereocenters. The van der Waals surface area contributed by atoms with E-state index < -0.39 is 0 Å². The highest BCUT2D eigenvalue weighted by molar-refractivity contribution is 5.79. The molecule has 0 radical (unpaired) electrons. The van der Waals surface area contributed by atoms with E-state index in [2.05, 4.69) is 47.2 Å². The minimum Gasteiger partial charge on any atom is -0.256 e. The van der Waals surface area contributed by atoms with Gasteiger partial charge in [-0.25, -0.2) is 0 Å². The number of hydrogen-bond donors (Lipinski definition) is 0. The summed E-state index contributed by atoms with van der Waals surface area (Å²) in [6.45, 7) is 4.10. The van der Waals surface area contributed by atoms with Crippen LogP contribution < -0.4 is 0 Å². The van der Waals surface area contributed by atoms with E-state index in [1.54, 1.807) is 0 Å². The SMILES string of the molecule is Cc1ccc2ccccc2n1.Cc1ccc2ncccc2c1. The molecule has 0 bridgehead atoms. The Morgan fingerprint density at radius 1 is 0.682 bits per heavy atom. The van der Waals surface area contributed by atoms with E-state index in [4.69, 9.17) is 0 Å². The summed E-state index contributed by atoms with van der Waals surface area (Å²) in [6.07, 6.45) is 1.82. The normalized spacial score (nSPS) is 10.3. The van der Waals surface area contributed by atoms with Crippen LogP contribution in [0.4, 0.5) is 0 Å². The summed E-state index contributed by atoms with van der Waals surface area (Å²) in [5.41, 5.74) is 4.50. The first-order chi connectivity index (χ1) is 10.7. The molecule has 0 saturated carbocycles. The van der Waals surface area contributed by atoms with Gasteiger partial charge in [-0.05, 0) is 44.2 Å². The minimum absolute atomic E-state index is 1.07. The van der Waals surface area contributed by atoms with Crippen molar-refractivity contribution in [1.82, 2.24) is 9.97 Å². The first-order valence-electron chi connectivity index (χ1n) is 7.36. The van der Waals surface area contributed by atoms with Crippen LogP contribution in [0.15, 0.2) is 72.9 Å². The number of hydrogen-bond acceptors (Lipinski definition) is 2. The molecule has 2 aromatic carbocycles. The van der Waals surface area contributed by atoms with Gasteiger partial charge in [0.1, 0.15) is 0 Å². The molecule has 2 nitrogen and oxygen atoms in total. The maximum Gasteiger partial charge on any atom is 0.0705 e. The fourth-order valence-electron chi connectivity index (χ4n) is 2.36. The van der Waals surface area contributed by atoms with E-state index in [0.717, 1.165) is 16.7 Å². The van der Waals surface area contributed by atoms with Crippen LogP contribution in [-0.2, 0) is 0 Å². The molecule has 2 aromatic heterocycles. The van der Waals surface area contributed by atoms with Crippen LogP contribution >= 0.6 is 0 Å². The lowest BCUT2D eigenvalue weighted by Crippen LogP contribution is -1.80. The van der Waals surface area contributed by atoms with Crippen LogP contribution in [0, 0.1) is 13.8 Å². The summed E-state index contributed by atoms with van der Waals surface area (Å²) in [7, 11) is 0. The first-order valence-corrected chi connectivity index (χ1v) is 7.36. The van der Waals surface area contributed by atoms with Gasteiger partial charge in [0.05, 0.1) is 11.0 Å². The third kappa shape index (κ3) is 3.29. The van der Waals surface area contributed by atoms with E-state index in [0.29, 0.717) is 0 Å². The lowest BCUT2D eigenvalue weighted by Gasteiger charge is -1.95. The highest BCUT2D eigenvalue weighted by atomic mass is 14.7. The molecule has 0 aliphatic rings. The number of para-hydroxylation sites is 1. The van der Waals surface area contributed by atoms with Gasteiger partial charge in [0.25, 0.3) is 0 Å². The first kappa shape index (κ1) is 14.2. The molecule has 0 spiro atoms. The number of fused-ring (bicyclic) bond motifs is 2. The molecule has 4 rings (SSSR count). The molecule has 2 heterocycles. The van der Waals surface area contributed by atoms with Crippen molar-refractivity contribution < 1.29 is 0 Å². The minimum atomic E-state index is 1.07. The molecule has 0 aliphatic heterocycles. The largest absolute Gasteiger partial charge is 0.256 e. The monoisotopic (exact) mass is 286 g/mol. The summed E-state index contributed by atoms with van der Waals surface area (Å²) in [6, 6.07) is 22.6. The molecular formula is C20H18N2. The van der Waals surface area contributed by atoms with Gasteiger partial charge in [-0.3, -0.25) is 9.97 Å². The molecule has 0 saturated heterocycles. The van der Waals surface area contributed by atoms with Crippen molar-refractivity contribution in [3.8, 4) is 0 Å². The Balaban J connectivity index is 0.000000131. The Labute approximate surface area is 130 Å². The van der Waals surface area contributed by atoms with Crippen molar-refractivity contribution in [2.24, 2.45) is 0 Å². The third-order valence-electron chi connectivity index (χ3n) is 3.50. The van der Waals surface area contributed by atoms with Crippen molar-refractivity contribution >= 4 is 21.8 Å². The molecule has 0 aliphatic carbocycles. The zero-order valence-electron chi connectivity index (χ0n) is 12.8. The summed E-state index contributed by atoms with van der Waals surface area (Å²) in [5.74, 6) is 0. The molecule has 2 heteroatoms. The Hall–Kier alpha value is -2.74. The molecule has 0 fully saturated rings. The second-order valence-corrected chi connectivity index (χ2v) is 5.34. The summed E-state index contributed by atoms with van der Waals surface area (Å²) >= 11 is 0. The van der Waals surface area contributed by atoms with Gasteiger partial charge in [-0.15, -0.1) is 0 Å². The van der Waals surface area contributed by atoms with Gasteiger partial charge in [-0.2, -0.15) is 0 Å². The molecule has 0 amide bonds. The summed E-state index contributed by atoms with van der Waals surface area (Å²) < 4.78 is 0. The molecule has 108 valence electrons. The highest BCUT2D eigenvalue weighted by Crippen LogP contribution is 2.12. The number of nitrogens with zero attached hydrogens (tertiary/aromatic N) is 2. The van der Waals surface area contributed by atoms with Crippen LogP contribution in [0.2, 0.25) is 0 Å². The summed E-state index contributed by atoms with van der Waals surface area (Å²) in [5, 5.41) is 2.42. The average molecular weight is 286 g/mol. The Bertz CT molecular complexity index is 836. The Morgan fingerprint density at radius 2 is 1.50 bits per heavy atom. The number of pyridine rings is 2. The van der Waals surface area contributed by atoms with Crippen LogP contribution in [0.5, 0.6) is 0 Å². The Morgan fingerprint density at radius 3 is 2.41 bits per heavy atom.